The fraction of sp³-hybridized carbons (Fsp3) is 0.771. The fourth-order valence-corrected chi connectivity index (χ4v) is 4.74. The van der Waals surface area contributed by atoms with Crippen molar-refractivity contribution in [2.45, 2.75) is 174 Å². The summed E-state index contributed by atoms with van der Waals surface area (Å²) in [5.74, 6) is -0.884. The molecule has 1 atom stereocenters. The highest BCUT2D eigenvalue weighted by molar-refractivity contribution is 5.69. The van der Waals surface area contributed by atoms with Crippen molar-refractivity contribution in [1.82, 2.24) is 0 Å². The van der Waals surface area contributed by atoms with Gasteiger partial charge in [-0.2, -0.15) is 0 Å². The number of hydrogen-bond acceptors (Lipinski definition) is 3. The number of esters is 1. The predicted molar refractivity (Wildman–Crippen MR) is 167 cm³/mol. The molecule has 39 heavy (non-hydrogen) atoms. The molecule has 0 aliphatic heterocycles. The van der Waals surface area contributed by atoms with Crippen LogP contribution in [0.1, 0.15) is 168 Å². The number of hydrogen-bond donors (Lipinski definition) is 1. The summed E-state index contributed by atoms with van der Waals surface area (Å²) in [7, 11) is 0. The van der Waals surface area contributed by atoms with Gasteiger partial charge < -0.3 is 9.84 Å². The van der Waals surface area contributed by atoms with E-state index in [-0.39, 0.29) is 18.5 Å². The van der Waals surface area contributed by atoms with Crippen LogP contribution in [-0.2, 0) is 14.3 Å². The van der Waals surface area contributed by atoms with E-state index in [1.165, 1.54) is 70.6 Å². The van der Waals surface area contributed by atoms with Crippen molar-refractivity contribution in [2.75, 3.05) is 0 Å². The molecule has 0 aromatic rings. The number of aliphatic carboxylic acids is 1. The second-order valence-electron chi connectivity index (χ2n) is 11.0. The van der Waals surface area contributed by atoms with Crippen LogP contribution in [0.4, 0.5) is 0 Å². The number of carboxylic acids is 1. The molecule has 226 valence electrons. The molecule has 0 amide bonds. The van der Waals surface area contributed by atoms with Crippen LogP contribution in [0.25, 0.3) is 0 Å². The molecule has 0 aliphatic carbocycles. The Hall–Kier alpha value is -1.84. The Labute approximate surface area is 241 Å². The zero-order valence-corrected chi connectivity index (χ0v) is 25.7. The van der Waals surface area contributed by atoms with Crippen LogP contribution in [0.15, 0.2) is 36.5 Å². The Morgan fingerprint density at radius 1 is 0.590 bits per heavy atom. The van der Waals surface area contributed by atoms with Gasteiger partial charge in [-0.3, -0.25) is 9.59 Å². The van der Waals surface area contributed by atoms with Crippen molar-refractivity contribution in [2.24, 2.45) is 0 Å². The van der Waals surface area contributed by atoms with Crippen LogP contribution >= 0.6 is 0 Å². The third-order valence-corrected chi connectivity index (χ3v) is 7.13. The number of carbonyl (C=O) groups is 2. The SMILES string of the molecule is CC/C=C\C/C=C\C/C=C\CCCCCCCC(=O)OC(CCCCCCCCCCCC)CCCC(=O)O. The molecule has 0 fully saturated rings. The Morgan fingerprint density at radius 2 is 1.10 bits per heavy atom. The Kier molecular flexibility index (Phi) is 29.2. The van der Waals surface area contributed by atoms with E-state index in [1.807, 2.05) is 0 Å². The summed E-state index contributed by atoms with van der Waals surface area (Å²) >= 11 is 0. The zero-order valence-electron chi connectivity index (χ0n) is 25.7. The van der Waals surface area contributed by atoms with Gasteiger partial charge in [-0.05, 0) is 64.2 Å². The second kappa shape index (κ2) is 30.7. The third-order valence-electron chi connectivity index (χ3n) is 7.13. The molecule has 0 saturated heterocycles. The van der Waals surface area contributed by atoms with Gasteiger partial charge in [-0.25, -0.2) is 0 Å². The lowest BCUT2D eigenvalue weighted by Gasteiger charge is -2.18. The summed E-state index contributed by atoms with van der Waals surface area (Å²) in [6.45, 7) is 4.41. The van der Waals surface area contributed by atoms with E-state index in [0.717, 1.165) is 57.8 Å². The first kappa shape index (κ1) is 37.2. The molecular weight excluding hydrogens is 484 g/mol. The normalized spacial score (nSPS) is 12.7. The summed E-state index contributed by atoms with van der Waals surface area (Å²) in [6.07, 6.45) is 38.6. The molecule has 0 spiro atoms. The summed E-state index contributed by atoms with van der Waals surface area (Å²) in [5.41, 5.74) is 0. The van der Waals surface area contributed by atoms with E-state index < -0.39 is 5.97 Å². The maximum Gasteiger partial charge on any atom is 0.306 e. The van der Waals surface area contributed by atoms with Crippen LogP contribution in [0.2, 0.25) is 0 Å². The molecule has 1 N–H and O–H groups in total. The lowest BCUT2D eigenvalue weighted by Crippen LogP contribution is -2.18. The molecule has 0 aromatic carbocycles. The van der Waals surface area contributed by atoms with Crippen molar-refractivity contribution in [3.63, 3.8) is 0 Å². The van der Waals surface area contributed by atoms with E-state index in [2.05, 4.69) is 50.3 Å². The molecule has 0 radical (unpaired) electrons. The number of allylic oxidation sites excluding steroid dienone is 6. The summed E-state index contributed by atoms with van der Waals surface area (Å²) in [6, 6.07) is 0. The third kappa shape index (κ3) is 30.6. The summed E-state index contributed by atoms with van der Waals surface area (Å²) in [5, 5.41) is 8.96. The molecule has 0 heterocycles. The van der Waals surface area contributed by atoms with E-state index in [1.54, 1.807) is 0 Å². The van der Waals surface area contributed by atoms with Crippen molar-refractivity contribution in [3.05, 3.63) is 36.5 Å². The molecule has 0 aromatic heterocycles. The fourth-order valence-electron chi connectivity index (χ4n) is 4.74. The topological polar surface area (TPSA) is 63.6 Å². The predicted octanol–water partition coefficient (Wildman–Crippen LogP) is 11.1. The average molecular weight is 547 g/mol. The van der Waals surface area contributed by atoms with Crippen LogP contribution in [0.3, 0.4) is 0 Å². The number of carbonyl (C=O) groups excluding carboxylic acids is 1. The summed E-state index contributed by atoms with van der Waals surface area (Å²) < 4.78 is 5.78. The van der Waals surface area contributed by atoms with Crippen molar-refractivity contribution < 1.29 is 19.4 Å². The molecular formula is C35H62O4. The van der Waals surface area contributed by atoms with Gasteiger partial charge in [0.25, 0.3) is 0 Å². The molecule has 1 unspecified atom stereocenters. The zero-order chi connectivity index (χ0) is 28.7. The second-order valence-corrected chi connectivity index (χ2v) is 11.0. The van der Waals surface area contributed by atoms with Crippen LogP contribution in [0.5, 0.6) is 0 Å². The highest BCUT2D eigenvalue weighted by Gasteiger charge is 2.15. The standard InChI is InChI=1S/C35H62O4/c1-3-5-7-9-11-13-15-16-17-18-19-21-23-25-27-32-35(38)39-33(30-28-31-34(36)37)29-26-24-22-20-14-12-10-8-6-4-2/h5,7,11,13,16-17,33H,3-4,6,8-10,12,14-15,18-32H2,1-2H3,(H,36,37)/b7-5-,13-11-,17-16-. The van der Waals surface area contributed by atoms with Gasteiger partial charge in [0.05, 0.1) is 0 Å². The van der Waals surface area contributed by atoms with E-state index in [4.69, 9.17) is 9.84 Å². The van der Waals surface area contributed by atoms with Crippen molar-refractivity contribution in [3.8, 4) is 0 Å². The van der Waals surface area contributed by atoms with Gasteiger partial charge in [-0.15, -0.1) is 0 Å². The number of rotatable bonds is 29. The maximum atomic E-state index is 12.4. The van der Waals surface area contributed by atoms with Crippen molar-refractivity contribution >= 4 is 11.9 Å². The maximum absolute atomic E-state index is 12.4. The minimum Gasteiger partial charge on any atom is -0.481 e. The van der Waals surface area contributed by atoms with Gasteiger partial charge >= 0.3 is 11.9 Å². The molecule has 0 saturated carbocycles. The highest BCUT2D eigenvalue weighted by Crippen LogP contribution is 2.17. The Morgan fingerprint density at radius 3 is 1.72 bits per heavy atom. The Balaban J connectivity index is 3.90. The molecule has 0 rings (SSSR count). The highest BCUT2D eigenvalue weighted by atomic mass is 16.5. The van der Waals surface area contributed by atoms with Gasteiger partial charge in [0.1, 0.15) is 6.10 Å². The quantitative estimate of drug-likeness (QED) is 0.0575. The summed E-state index contributed by atoms with van der Waals surface area (Å²) in [4.78, 5) is 23.3. The van der Waals surface area contributed by atoms with Gasteiger partial charge in [0.15, 0.2) is 0 Å². The largest absolute Gasteiger partial charge is 0.481 e. The lowest BCUT2D eigenvalue weighted by atomic mass is 10.0. The first-order valence-corrected chi connectivity index (χ1v) is 16.5. The van der Waals surface area contributed by atoms with E-state index in [9.17, 15) is 9.59 Å². The van der Waals surface area contributed by atoms with Crippen LogP contribution in [-0.4, -0.2) is 23.1 Å². The van der Waals surface area contributed by atoms with E-state index in [0.29, 0.717) is 19.3 Å². The molecule has 4 heteroatoms. The molecule has 0 aliphatic rings. The van der Waals surface area contributed by atoms with Gasteiger partial charge in [-0.1, -0.05) is 127 Å². The minimum absolute atomic E-state index is 0.108. The number of ether oxygens (including phenoxy) is 1. The molecule has 4 nitrogen and oxygen atoms in total. The number of carboxylic acid groups (broad SMARTS) is 1. The number of unbranched alkanes of at least 4 members (excludes halogenated alkanes) is 14. The lowest BCUT2D eigenvalue weighted by molar-refractivity contribution is -0.150. The first-order chi connectivity index (χ1) is 19.1. The Bertz CT molecular complexity index is 635. The van der Waals surface area contributed by atoms with Crippen LogP contribution in [0, 0.1) is 0 Å². The minimum atomic E-state index is -0.776. The smallest absolute Gasteiger partial charge is 0.306 e. The first-order valence-electron chi connectivity index (χ1n) is 16.5. The van der Waals surface area contributed by atoms with Gasteiger partial charge in [0, 0.05) is 12.8 Å². The van der Waals surface area contributed by atoms with Crippen molar-refractivity contribution in [1.29, 1.82) is 0 Å². The van der Waals surface area contributed by atoms with E-state index >= 15 is 0 Å². The average Bonchev–Trinajstić information content (AvgIpc) is 2.91. The monoisotopic (exact) mass is 546 g/mol. The van der Waals surface area contributed by atoms with Gasteiger partial charge in [0.2, 0.25) is 0 Å². The molecule has 0 bridgehead atoms. The van der Waals surface area contributed by atoms with Crippen LogP contribution < -0.4 is 0 Å².